The maximum Gasteiger partial charge on any atom is 0.130 e. The predicted molar refractivity (Wildman–Crippen MR) is 80.5 cm³/mol. The Bertz CT molecular complexity index is 552. The minimum Gasteiger partial charge on any atom is -0.457 e. The summed E-state index contributed by atoms with van der Waals surface area (Å²) in [5.41, 5.74) is 1.16. The van der Waals surface area contributed by atoms with Crippen molar-refractivity contribution in [1.82, 2.24) is 5.32 Å². The zero-order valence-electron chi connectivity index (χ0n) is 10.8. The van der Waals surface area contributed by atoms with Crippen molar-refractivity contribution < 1.29 is 4.74 Å². The van der Waals surface area contributed by atoms with Crippen molar-refractivity contribution in [1.29, 1.82) is 0 Å². The second kappa shape index (κ2) is 6.29. The molecular weight excluding hydrogens is 281 g/mol. The molecule has 2 nitrogen and oxygen atoms in total. The SMILES string of the molecule is CNC(C)c1cccc(Oc2cc(Cl)cc(Cl)c2)c1. The summed E-state index contributed by atoms with van der Waals surface area (Å²) in [5.74, 6) is 1.39. The van der Waals surface area contributed by atoms with Gasteiger partial charge in [0.15, 0.2) is 0 Å². The summed E-state index contributed by atoms with van der Waals surface area (Å²) in [7, 11) is 1.93. The molecule has 2 aromatic rings. The maximum atomic E-state index is 5.95. The monoisotopic (exact) mass is 295 g/mol. The molecule has 0 radical (unpaired) electrons. The summed E-state index contributed by atoms with van der Waals surface area (Å²) < 4.78 is 5.78. The molecule has 0 bridgehead atoms. The van der Waals surface area contributed by atoms with E-state index in [1.807, 2.05) is 25.2 Å². The summed E-state index contributed by atoms with van der Waals surface area (Å²) in [4.78, 5) is 0. The Morgan fingerprint density at radius 1 is 1.00 bits per heavy atom. The highest BCUT2D eigenvalue weighted by molar-refractivity contribution is 6.34. The second-order valence-corrected chi connectivity index (χ2v) is 5.16. The molecule has 0 heterocycles. The molecule has 100 valence electrons. The van der Waals surface area contributed by atoms with E-state index in [0.717, 1.165) is 11.3 Å². The molecule has 0 spiro atoms. The van der Waals surface area contributed by atoms with Crippen molar-refractivity contribution >= 4 is 23.2 Å². The molecule has 1 N–H and O–H groups in total. The van der Waals surface area contributed by atoms with Crippen LogP contribution in [-0.4, -0.2) is 7.05 Å². The number of halogens is 2. The standard InChI is InChI=1S/C15H15Cl2NO/c1-10(18-2)11-4-3-5-14(6-11)19-15-8-12(16)7-13(17)9-15/h3-10,18H,1-2H3. The minimum absolute atomic E-state index is 0.270. The first kappa shape index (κ1) is 14.2. The first-order valence-electron chi connectivity index (χ1n) is 5.99. The molecule has 2 aromatic carbocycles. The molecule has 0 fully saturated rings. The van der Waals surface area contributed by atoms with Crippen LogP contribution < -0.4 is 10.1 Å². The molecular formula is C15H15Cl2NO. The van der Waals surface area contributed by atoms with E-state index < -0.39 is 0 Å². The van der Waals surface area contributed by atoms with Gasteiger partial charge in [0.1, 0.15) is 11.5 Å². The van der Waals surface area contributed by atoms with Gasteiger partial charge in [0.2, 0.25) is 0 Å². The normalized spacial score (nSPS) is 12.2. The Kier molecular flexibility index (Phi) is 4.70. The van der Waals surface area contributed by atoms with Crippen LogP contribution in [0.5, 0.6) is 11.5 Å². The van der Waals surface area contributed by atoms with Crippen LogP contribution in [0, 0.1) is 0 Å². The third kappa shape index (κ3) is 3.87. The van der Waals surface area contributed by atoms with Gasteiger partial charge < -0.3 is 10.1 Å². The molecule has 0 aliphatic heterocycles. The van der Waals surface area contributed by atoms with Crippen molar-refractivity contribution in [2.75, 3.05) is 7.05 Å². The Labute approximate surface area is 123 Å². The molecule has 1 atom stereocenters. The molecule has 0 saturated carbocycles. The van der Waals surface area contributed by atoms with E-state index in [9.17, 15) is 0 Å². The third-order valence-corrected chi connectivity index (χ3v) is 3.30. The van der Waals surface area contributed by atoms with Crippen LogP contribution >= 0.6 is 23.2 Å². The maximum absolute atomic E-state index is 5.95. The van der Waals surface area contributed by atoms with Gasteiger partial charge in [-0.25, -0.2) is 0 Å². The molecule has 19 heavy (non-hydrogen) atoms. The number of hydrogen-bond acceptors (Lipinski definition) is 2. The Balaban J connectivity index is 2.23. The molecule has 1 unspecified atom stereocenters. The molecule has 4 heteroatoms. The average Bonchev–Trinajstić information content (AvgIpc) is 2.37. The van der Waals surface area contributed by atoms with E-state index in [-0.39, 0.29) is 6.04 Å². The fraction of sp³-hybridized carbons (Fsp3) is 0.200. The molecule has 0 amide bonds. The first-order chi connectivity index (χ1) is 9.08. The third-order valence-electron chi connectivity index (χ3n) is 2.86. The van der Waals surface area contributed by atoms with Gasteiger partial charge in [-0.15, -0.1) is 0 Å². The van der Waals surface area contributed by atoms with Crippen molar-refractivity contribution in [3.8, 4) is 11.5 Å². The Hall–Kier alpha value is -1.22. The van der Waals surface area contributed by atoms with E-state index in [4.69, 9.17) is 27.9 Å². The molecule has 0 aliphatic carbocycles. The second-order valence-electron chi connectivity index (χ2n) is 4.29. The predicted octanol–water partition coefficient (Wildman–Crippen LogP) is 5.07. The van der Waals surface area contributed by atoms with Crippen LogP contribution in [0.15, 0.2) is 42.5 Å². The fourth-order valence-corrected chi connectivity index (χ4v) is 2.24. The summed E-state index contributed by atoms with van der Waals surface area (Å²) >= 11 is 11.9. The molecule has 2 rings (SSSR count). The summed E-state index contributed by atoms with van der Waals surface area (Å²) in [5, 5.41) is 4.31. The molecule has 0 saturated heterocycles. The van der Waals surface area contributed by atoms with E-state index >= 15 is 0 Å². The highest BCUT2D eigenvalue weighted by Gasteiger charge is 2.05. The fourth-order valence-electron chi connectivity index (χ4n) is 1.74. The van der Waals surface area contributed by atoms with Gasteiger partial charge in [-0.2, -0.15) is 0 Å². The number of hydrogen-bond donors (Lipinski definition) is 1. The van der Waals surface area contributed by atoms with E-state index in [2.05, 4.69) is 18.3 Å². The van der Waals surface area contributed by atoms with Crippen molar-refractivity contribution in [2.45, 2.75) is 13.0 Å². The van der Waals surface area contributed by atoms with Crippen LogP contribution in [-0.2, 0) is 0 Å². The van der Waals surface area contributed by atoms with Gasteiger partial charge in [0, 0.05) is 16.1 Å². The average molecular weight is 296 g/mol. The lowest BCUT2D eigenvalue weighted by Gasteiger charge is -2.13. The smallest absolute Gasteiger partial charge is 0.130 e. The zero-order chi connectivity index (χ0) is 13.8. The number of rotatable bonds is 4. The number of nitrogens with one attached hydrogen (secondary N) is 1. The summed E-state index contributed by atoms with van der Waals surface area (Å²) in [6.45, 7) is 2.09. The lowest BCUT2D eigenvalue weighted by molar-refractivity contribution is 0.480. The van der Waals surface area contributed by atoms with Gasteiger partial charge in [-0.3, -0.25) is 0 Å². The van der Waals surface area contributed by atoms with Crippen molar-refractivity contribution in [3.63, 3.8) is 0 Å². The Morgan fingerprint density at radius 3 is 2.32 bits per heavy atom. The molecule has 0 aromatic heterocycles. The van der Waals surface area contributed by atoms with E-state index in [1.54, 1.807) is 18.2 Å². The van der Waals surface area contributed by atoms with Crippen LogP contribution in [0.25, 0.3) is 0 Å². The lowest BCUT2D eigenvalue weighted by atomic mass is 10.1. The van der Waals surface area contributed by atoms with Gasteiger partial charge in [-0.1, -0.05) is 35.3 Å². The van der Waals surface area contributed by atoms with Crippen molar-refractivity contribution in [3.05, 3.63) is 58.1 Å². The Morgan fingerprint density at radius 2 is 1.68 bits per heavy atom. The largest absolute Gasteiger partial charge is 0.457 e. The van der Waals surface area contributed by atoms with Crippen LogP contribution in [0.3, 0.4) is 0 Å². The van der Waals surface area contributed by atoms with E-state index in [1.165, 1.54) is 0 Å². The summed E-state index contributed by atoms with van der Waals surface area (Å²) in [6, 6.07) is 13.3. The minimum atomic E-state index is 0.270. The van der Waals surface area contributed by atoms with Gasteiger partial charge >= 0.3 is 0 Å². The zero-order valence-corrected chi connectivity index (χ0v) is 12.3. The quantitative estimate of drug-likeness (QED) is 0.850. The van der Waals surface area contributed by atoms with Gasteiger partial charge in [-0.05, 0) is 49.9 Å². The van der Waals surface area contributed by atoms with Crippen LogP contribution in [0.2, 0.25) is 10.0 Å². The topological polar surface area (TPSA) is 21.3 Å². The van der Waals surface area contributed by atoms with Crippen molar-refractivity contribution in [2.24, 2.45) is 0 Å². The summed E-state index contributed by atoms with van der Waals surface area (Å²) in [6.07, 6.45) is 0. The highest BCUT2D eigenvalue weighted by atomic mass is 35.5. The number of ether oxygens (including phenoxy) is 1. The first-order valence-corrected chi connectivity index (χ1v) is 6.75. The number of benzene rings is 2. The van der Waals surface area contributed by atoms with Gasteiger partial charge in [0.05, 0.1) is 0 Å². The van der Waals surface area contributed by atoms with Gasteiger partial charge in [0.25, 0.3) is 0 Å². The van der Waals surface area contributed by atoms with E-state index in [0.29, 0.717) is 15.8 Å². The highest BCUT2D eigenvalue weighted by Crippen LogP contribution is 2.29. The van der Waals surface area contributed by atoms with Crippen LogP contribution in [0.4, 0.5) is 0 Å². The van der Waals surface area contributed by atoms with Crippen LogP contribution in [0.1, 0.15) is 18.5 Å². The lowest BCUT2D eigenvalue weighted by Crippen LogP contribution is -2.11. The molecule has 0 aliphatic rings.